The molecule has 1 fully saturated rings. The molecule has 0 spiro atoms. The van der Waals surface area contributed by atoms with Crippen molar-refractivity contribution in [3.63, 3.8) is 0 Å². The lowest BCUT2D eigenvalue weighted by atomic mass is 9.97. The average molecular weight is 229 g/mol. The Balaban J connectivity index is 2.16. The summed E-state index contributed by atoms with van der Waals surface area (Å²) in [6, 6.07) is 0. The molecule has 6 heteroatoms. The molecular formula is C10H17N2O4-. The van der Waals surface area contributed by atoms with Crippen LogP contribution in [0.2, 0.25) is 0 Å². The van der Waals surface area contributed by atoms with Gasteiger partial charge in [-0.3, -0.25) is 4.79 Å². The second-order valence-corrected chi connectivity index (χ2v) is 4.08. The predicted molar refractivity (Wildman–Crippen MR) is 50.8 cm³/mol. The summed E-state index contributed by atoms with van der Waals surface area (Å²) in [5, 5.41) is 25.8. The summed E-state index contributed by atoms with van der Waals surface area (Å²) < 4.78 is 0. The third kappa shape index (κ3) is 4.59. The van der Waals surface area contributed by atoms with Crippen LogP contribution < -0.4 is 20.8 Å². The van der Waals surface area contributed by atoms with E-state index in [0.717, 1.165) is 0 Å². The number of carboxylic acid groups (broad SMARTS) is 1. The number of quaternary nitrogens is 1. The van der Waals surface area contributed by atoms with Crippen LogP contribution in [0.5, 0.6) is 0 Å². The second kappa shape index (κ2) is 6.44. The summed E-state index contributed by atoms with van der Waals surface area (Å²) in [5.41, 5.74) is 0. The number of hydrogen-bond acceptors (Lipinski definition) is 4. The number of carbonyl (C=O) groups excluding carboxylic acids is 2. The summed E-state index contributed by atoms with van der Waals surface area (Å²) >= 11 is 0. The van der Waals surface area contributed by atoms with Gasteiger partial charge in [-0.15, -0.1) is 0 Å². The first kappa shape index (κ1) is 12.9. The van der Waals surface area contributed by atoms with Crippen LogP contribution in [0.25, 0.3) is 0 Å². The number of nitrogens with one attached hydrogen (secondary N) is 1. The van der Waals surface area contributed by atoms with Crippen LogP contribution in [-0.4, -0.2) is 37.6 Å². The van der Waals surface area contributed by atoms with Crippen LogP contribution in [0.3, 0.4) is 0 Å². The molecule has 0 aromatic carbocycles. The normalized spacial score (nSPS) is 25.1. The Bertz CT molecular complexity index is 257. The highest BCUT2D eigenvalue weighted by molar-refractivity contribution is 5.78. The zero-order valence-corrected chi connectivity index (χ0v) is 9.11. The van der Waals surface area contributed by atoms with Crippen molar-refractivity contribution in [1.29, 1.82) is 0 Å². The fraction of sp³-hybridized carbons (Fsp3) is 0.800. The van der Waals surface area contributed by atoms with Crippen molar-refractivity contribution in [3.05, 3.63) is 0 Å². The van der Waals surface area contributed by atoms with Gasteiger partial charge in [-0.1, -0.05) is 6.10 Å². The fourth-order valence-corrected chi connectivity index (χ4v) is 1.80. The maximum atomic E-state index is 11.6. The third-order valence-corrected chi connectivity index (χ3v) is 2.66. The summed E-state index contributed by atoms with van der Waals surface area (Å²) in [6.45, 7) is 1.51. The van der Waals surface area contributed by atoms with Gasteiger partial charge in [0.1, 0.15) is 0 Å². The molecule has 0 radical (unpaired) electrons. The molecule has 6 nitrogen and oxygen atoms in total. The Labute approximate surface area is 94.0 Å². The van der Waals surface area contributed by atoms with E-state index in [2.05, 4.69) is 5.32 Å². The van der Waals surface area contributed by atoms with E-state index < -0.39 is 12.1 Å². The van der Waals surface area contributed by atoms with Crippen molar-refractivity contribution >= 4 is 11.9 Å². The van der Waals surface area contributed by atoms with Gasteiger partial charge in [-0.05, 0) is 19.3 Å². The van der Waals surface area contributed by atoms with Gasteiger partial charge < -0.3 is 25.6 Å². The molecule has 0 aliphatic carbocycles. The van der Waals surface area contributed by atoms with Gasteiger partial charge >= 0.3 is 0 Å². The smallest absolute Gasteiger partial charge is 0.228 e. The van der Waals surface area contributed by atoms with Crippen molar-refractivity contribution in [2.24, 2.45) is 5.92 Å². The van der Waals surface area contributed by atoms with E-state index in [4.69, 9.17) is 0 Å². The first-order valence-electron chi connectivity index (χ1n) is 5.54. The zero-order chi connectivity index (χ0) is 12.0. The van der Waals surface area contributed by atoms with Gasteiger partial charge in [0.2, 0.25) is 5.91 Å². The Morgan fingerprint density at radius 3 is 2.75 bits per heavy atom. The number of carbonyl (C=O) groups is 2. The molecule has 2 atom stereocenters. The highest BCUT2D eigenvalue weighted by Crippen LogP contribution is 2.05. The molecule has 16 heavy (non-hydrogen) atoms. The van der Waals surface area contributed by atoms with Crippen molar-refractivity contribution in [3.8, 4) is 0 Å². The van der Waals surface area contributed by atoms with Crippen molar-refractivity contribution in [2.75, 3.05) is 19.6 Å². The summed E-state index contributed by atoms with van der Waals surface area (Å²) in [4.78, 5) is 21.7. The molecule has 1 aliphatic rings. The summed E-state index contributed by atoms with van der Waals surface area (Å²) in [7, 11) is 0. The Morgan fingerprint density at radius 2 is 2.12 bits per heavy atom. The van der Waals surface area contributed by atoms with E-state index in [1.54, 1.807) is 0 Å². The lowest BCUT2D eigenvalue weighted by Crippen LogP contribution is -2.91. The number of carboxylic acids is 1. The van der Waals surface area contributed by atoms with E-state index in [9.17, 15) is 19.8 Å². The molecule has 0 saturated carbocycles. The molecule has 3 N–H and O–H groups in total. The molecular weight excluding hydrogens is 212 g/mol. The molecule has 1 saturated heterocycles. The molecule has 92 valence electrons. The van der Waals surface area contributed by atoms with E-state index in [1.165, 1.54) is 0 Å². The van der Waals surface area contributed by atoms with Crippen LogP contribution in [0.4, 0.5) is 0 Å². The highest BCUT2D eigenvalue weighted by Gasteiger charge is 2.24. The zero-order valence-electron chi connectivity index (χ0n) is 9.11. The van der Waals surface area contributed by atoms with Crippen LogP contribution in [-0.2, 0) is 9.59 Å². The number of piperidine rings is 1. The number of amides is 1. The predicted octanol–water partition coefficient (Wildman–Crippen LogP) is -4.06. The molecule has 1 heterocycles. The van der Waals surface area contributed by atoms with Gasteiger partial charge in [0.25, 0.3) is 0 Å². The molecule has 2 unspecified atom stereocenters. The van der Waals surface area contributed by atoms with Crippen LogP contribution in [0.1, 0.15) is 19.3 Å². The molecule has 1 amide bonds. The van der Waals surface area contributed by atoms with Crippen LogP contribution in [0.15, 0.2) is 0 Å². The quantitative estimate of drug-likeness (QED) is 0.467. The van der Waals surface area contributed by atoms with Crippen LogP contribution in [0, 0.1) is 5.92 Å². The Hall–Kier alpha value is -1.14. The van der Waals surface area contributed by atoms with Crippen molar-refractivity contribution < 1.29 is 25.1 Å². The fourth-order valence-electron chi connectivity index (χ4n) is 1.80. The largest absolute Gasteiger partial charge is 0.848 e. The van der Waals surface area contributed by atoms with Crippen molar-refractivity contribution in [2.45, 2.75) is 25.4 Å². The van der Waals surface area contributed by atoms with E-state index in [-0.39, 0.29) is 18.2 Å². The minimum absolute atomic E-state index is 0.0543. The monoisotopic (exact) mass is 229 g/mol. The minimum atomic E-state index is -1.11. The highest BCUT2D eigenvalue weighted by atomic mass is 16.4. The van der Waals surface area contributed by atoms with Crippen LogP contribution >= 0.6 is 0 Å². The SMILES string of the molecule is O=C([O-])CCCNC(=O)C1C[NH2+]CC([O-])C1. The second-order valence-electron chi connectivity index (χ2n) is 4.08. The van der Waals surface area contributed by atoms with E-state index in [0.29, 0.717) is 32.5 Å². The minimum Gasteiger partial charge on any atom is -0.848 e. The number of hydrogen-bond donors (Lipinski definition) is 2. The Kier molecular flexibility index (Phi) is 5.21. The average Bonchev–Trinajstić information content (AvgIpc) is 2.24. The van der Waals surface area contributed by atoms with Gasteiger partial charge in [0.15, 0.2) is 0 Å². The first-order chi connectivity index (χ1) is 7.59. The lowest BCUT2D eigenvalue weighted by Gasteiger charge is -2.30. The summed E-state index contributed by atoms with van der Waals surface area (Å²) in [5.74, 6) is -1.49. The van der Waals surface area contributed by atoms with Crippen molar-refractivity contribution in [1.82, 2.24) is 5.32 Å². The molecule has 0 bridgehead atoms. The number of nitrogens with two attached hydrogens (primary N) is 1. The topological polar surface area (TPSA) is 109 Å². The van der Waals surface area contributed by atoms with Gasteiger partial charge in [-0.2, -0.15) is 0 Å². The molecule has 1 rings (SSSR count). The lowest BCUT2D eigenvalue weighted by molar-refractivity contribution is -0.696. The van der Waals surface area contributed by atoms with Gasteiger partial charge in [0, 0.05) is 12.5 Å². The molecule has 0 aromatic rings. The van der Waals surface area contributed by atoms with E-state index in [1.807, 2.05) is 5.32 Å². The van der Waals surface area contributed by atoms with Gasteiger partial charge in [-0.25, -0.2) is 0 Å². The van der Waals surface area contributed by atoms with Gasteiger partial charge in [0.05, 0.1) is 19.0 Å². The maximum Gasteiger partial charge on any atom is 0.228 e. The number of aliphatic carboxylic acids is 1. The molecule has 0 aromatic heterocycles. The standard InChI is InChI=1S/C10H17N2O4/c13-8-4-7(5-11-6-8)10(16)12-3-1-2-9(14)15/h7-8,11H,1-6H2,(H,12,16)(H,14,15)/q-1. The summed E-state index contributed by atoms with van der Waals surface area (Å²) in [6.07, 6.45) is 0.0165. The first-order valence-corrected chi connectivity index (χ1v) is 5.54. The maximum absolute atomic E-state index is 11.6. The Morgan fingerprint density at radius 1 is 1.38 bits per heavy atom. The molecule has 1 aliphatic heterocycles. The third-order valence-electron chi connectivity index (χ3n) is 2.66. The van der Waals surface area contributed by atoms with E-state index >= 15 is 0 Å². The number of rotatable bonds is 5.